The van der Waals surface area contributed by atoms with Crippen LogP contribution in [0.1, 0.15) is 47.0 Å². The first-order valence-electron chi connectivity index (χ1n) is 7.45. The average molecular weight is 251 g/mol. The first kappa shape index (κ1) is 15.5. The van der Waals surface area contributed by atoms with Gasteiger partial charge in [0.2, 0.25) is 0 Å². The topological polar surface area (TPSA) is 39.1 Å². The summed E-state index contributed by atoms with van der Waals surface area (Å²) in [7, 11) is 0. The fourth-order valence-electron chi connectivity index (χ4n) is 2.95. The summed E-state index contributed by atoms with van der Waals surface area (Å²) >= 11 is 0. The van der Waals surface area contributed by atoms with Crippen molar-refractivity contribution in [1.29, 1.82) is 5.26 Å². The highest BCUT2D eigenvalue weighted by molar-refractivity contribution is 4.91. The van der Waals surface area contributed by atoms with Crippen LogP contribution < -0.4 is 5.32 Å². The van der Waals surface area contributed by atoms with Gasteiger partial charge in [-0.2, -0.15) is 5.26 Å². The van der Waals surface area contributed by atoms with Gasteiger partial charge >= 0.3 is 0 Å². The number of piperidine rings is 1. The molecule has 0 bridgehead atoms. The molecule has 0 aromatic rings. The lowest BCUT2D eigenvalue weighted by Gasteiger charge is -2.41. The van der Waals surface area contributed by atoms with Crippen molar-refractivity contribution in [3.05, 3.63) is 0 Å². The Bertz CT molecular complexity index is 271. The highest BCUT2D eigenvalue weighted by atomic mass is 15.2. The van der Waals surface area contributed by atoms with E-state index in [2.05, 4.69) is 44.0 Å². The number of likely N-dealkylation sites (tertiary alicyclic amines) is 1. The molecular weight excluding hydrogens is 222 g/mol. The molecule has 0 radical (unpaired) electrons. The number of hydrogen-bond donors (Lipinski definition) is 1. The number of nitriles is 1. The maximum Gasteiger partial charge on any atom is 0.0965 e. The van der Waals surface area contributed by atoms with Gasteiger partial charge < -0.3 is 10.2 Å². The van der Waals surface area contributed by atoms with Gasteiger partial charge in [-0.15, -0.1) is 0 Å². The lowest BCUT2D eigenvalue weighted by Crippen LogP contribution is -2.47. The lowest BCUT2D eigenvalue weighted by molar-refractivity contribution is 0.0773. The van der Waals surface area contributed by atoms with Gasteiger partial charge in [-0.25, -0.2) is 0 Å². The molecule has 4 atom stereocenters. The monoisotopic (exact) mass is 251 g/mol. The van der Waals surface area contributed by atoms with E-state index < -0.39 is 0 Å². The van der Waals surface area contributed by atoms with Gasteiger partial charge in [-0.3, -0.25) is 0 Å². The summed E-state index contributed by atoms with van der Waals surface area (Å²) in [4.78, 5) is 2.57. The van der Waals surface area contributed by atoms with Crippen LogP contribution in [0.25, 0.3) is 0 Å². The van der Waals surface area contributed by atoms with Gasteiger partial charge in [0.25, 0.3) is 0 Å². The maximum atomic E-state index is 9.12. The molecule has 0 saturated carbocycles. The standard InChI is InChI=1S/C15H29N3/c1-5-7-17-15(10-16)6-8-18-11-12(2)9-13(3)14(18)4/h12-15,17H,5-9,11H2,1-4H3. The van der Waals surface area contributed by atoms with E-state index >= 15 is 0 Å². The Morgan fingerprint density at radius 1 is 1.39 bits per heavy atom. The second-order valence-corrected chi connectivity index (χ2v) is 5.98. The van der Waals surface area contributed by atoms with Crippen molar-refractivity contribution in [2.75, 3.05) is 19.6 Å². The first-order chi connectivity index (χ1) is 8.58. The Morgan fingerprint density at radius 2 is 2.11 bits per heavy atom. The molecule has 0 spiro atoms. The molecule has 3 heteroatoms. The minimum Gasteiger partial charge on any atom is -0.302 e. The quantitative estimate of drug-likeness (QED) is 0.789. The molecule has 1 fully saturated rings. The molecule has 0 aromatic heterocycles. The SMILES string of the molecule is CCCNC(C#N)CCN1CC(C)CC(C)C1C. The van der Waals surface area contributed by atoms with Crippen molar-refractivity contribution in [3.63, 3.8) is 0 Å². The summed E-state index contributed by atoms with van der Waals surface area (Å²) in [5, 5.41) is 12.4. The Morgan fingerprint density at radius 3 is 2.72 bits per heavy atom. The van der Waals surface area contributed by atoms with E-state index in [0.29, 0.717) is 6.04 Å². The van der Waals surface area contributed by atoms with Gasteiger partial charge in [-0.1, -0.05) is 20.8 Å². The summed E-state index contributed by atoms with van der Waals surface area (Å²) in [6.07, 6.45) is 3.38. The molecule has 1 rings (SSSR count). The molecule has 4 unspecified atom stereocenters. The van der Waals surface area contributed by atoms with Crippen LogP contribution in [0.2, 0.25) is 0 Å². The van der Waals surface area contributed by atoms with Gasteiger partial charge in [0, 0.05) is 19.1 Å². The normalized spacial score (nSPS) is 30.9. The Labute approximate surface area is 113 Å². The van der Waals surface area contributed by atoms with E-state index in [1.807, 2.05) is 0 Å². The van der Waals surface area contributed by atoms with Crippen LogP contribution in [0, 0.1) is 23.2 Å². The maximum absolute atomic E-state index is 9.12. The summed E-state index contributed by atoms with van der Waals surface area (Å²) in [5.41, 5.74) is 0. The van der Waals surface area contributed by atoms with Crippen molar-refractivity contribution in [1.82, 2.24) is 10.2 Å². The van der Waals surface area contributed by atoms with Crippen molar-refractivity contribution < 1.29 is 0 Å². The highest BCUT2D eigenvalue weighted by Crippen LogP contribution is 2.26. The van der Waals surface area contributed by atoms with Crippen LogP contribution in [-0.4, -0.2) is 36.6 Å². The molecule has 3 nitrogen and oxygen atoms in total. The molecule has 1 saturated heterocycles. The number of nitrogens with one attached hydrogen (secondary N) is 1. The second kappa shape index (κ2) is 7.76. The zero-order chi connectivity index (χ0) is 13.5. The van der Waals surface area contributed by atoms with Crippen molar-refractivity contribution in [3.8, 4) is 6.07 Å². The number of nitrogens with zero attached hydrogens (tertiary/aromatic N) is 2. The Hall–Kier alpha value is -0.590. The zero-order valence-electron chi connectivity index (χ0n) is 12.4. The average Bonchev–Trinajstić information content (AvgIpc) is 2.35. The Kier molecular flexibility index (Phi) is 6.67. The fourth-order valence-corrected chi connectivity index (χ4v) is 2.95. The Balaban J connectivity index is 2.38. The molecule has 104 valence electrons. The predicted octanol–water partition coefficient (Wildman–Crippen LogP) is 2.63. The van der Waals surface area contributed by atoms with E-state index in [9.17, 15) is 0 Å². The van der Waals surface area contributed by atoms with Crippen LogP contribution in [0.15, 0.2) is 0 Å². The van der Waals surface area contributed by atoms with E-state index in [1.165, 1.54) is 13.0 Å². The van der Waals surface area contributed by atoms with E-state index in [-0.39, 0.29) is 6.04 Å². The fraction of sp³-hybridized carbons (Fsp3) is 0.933. The zero-order valence-corrected chi connectivity index (χ0v) is 12.4. The van der Waals surface area contributed by atoms with Crippen LogP contribution in [0.4, 0.5) is 0 Å². The van der Waals surface area contributed by atoms with Crippen LogP contribution in [0.5, 0.6) is 0 Å². The van der Waals surface area contributed by atoms with Crippen LogP contribution in [0.3, 0.4) is 0 Å². The van der Waals surface area contributed by atoms with Gasteiger partial charge in [-0.05, 0) is 44.6 Å². The molecular formula is C15H29N3. The van der Waals surface area contributed by atoms with Gasteiger partial charge in [0.1, 0.15) is 0 Å². The highest BCUT2D eigenvalue weighted by Gasteiger charge is 2.28. The molecule has 0 amide bonds. The molecule has 1 heterocycles. The van der Waals surface area contributed by atoms with Crippen molar-refractivity contribution >= 4 is 0 Å². The van der Waals surface area contributed by atoms with Crippen molar-refractivity contribution in [2.24, 2.45) is 11.8 Å². The molecule has 1 aliphatic heterocycles. The third-order valence-electron chi connectivity index (χ3n) is 4.22. The lowest BCUT2D eigenvalue weighted by atomic mass is 9.86. The van der Waals surface area contributed by atoms with Crippen LogP contribution >= 0.6 is 0 Å². The number of hydrogen-bond acceptors (Lipinski definition) is 3. The minimum atomic E-state index is 0.0182. The predicted molar refractivity (Wildman–Crippen MR) is 76.3 cm³/mol. The van der Waals surface area contributed by atoms with Crippen LogP contribution in [-0.2, 0) is 0 Å². The molecule has 1 N–H and O–H groups in total. The third kappa shape index (κ3) is 4.59. The third-order valence-corrected chi connectivity index (χ3v) is 4.22. The summed E-state index contributed by atoms with van der Waals surface area (Å²) in [6.45, 7) is 12.3. The van der Waals surface area contributed by atoms with E-state index in [1.54, 1.807) is 0 Å². The molecule has 1 aliphatic rings. The minimum absolute atomic E-state index is 0.0182. The molecule has 0 aliphatic carbocycles. The molecule has 0 aromatic carbocycles. The van der Waals surface area contributed by atoms with E-state index in [4.69, 9.17) is 5.26 Å². The largest absolute Gasteiger partial charge is 0.302 e. The van der Waals surface area contributed by atoms with E-state index in [0.717, 1.165) is 37.8 Å². The molecule has 18 heavy (non-hydrogen) atoms. The van der Waals surface area contributed by atoms with Crippen molar-refractivity contribution in [2.45, 2.75) is 59.0 Å². The first-order valence-corrected chi connectivity index (χ1v) is 7.45. The number of rotatable bonds is 6. The smallest absolute Gasteiger partial charge is 0.0965 e. The second-order valence-electron chi connectivity index (χ2n) is 5.98. The van der Waals surface area contributed by atoms with Gasteiger partial charge in [0.15, 0.2) is 0 Å². The van der Waals surface area contributed by atoms with Gasteiger partial charge in [0.05, 0.1) is 12.1 Å². The summed E-state index contributed by atoms with van der Waals surface area (Å²) < 4.78 is 0. The summed E-state index contributed by atoms with van der Waals surface area (Å²) in [6, 6.07) is 3.05. The summed E-state index contributed by atoms with van der Waals surface area (Å²) in [5.74, 6) is 1.57.